The molecule has 0 N–H and O–H groups in total. The minimum atomic E-state index is -3.33. The molecule has 1 aromatic rings. The predicted octanol–water partition coefficient (Wildman–Crippen LogP) is 3.34. The number of sulfonamides is 1. The molecule has 0 spiro atoms. The van der Waals surface area contributed by atoms with E-state index >= 15 is 0 Å². The maximum atomic E-state index is 11.9. The van der Waals surface area contributed by atoms with Crippen molar-refractivity contribution in [1.82, 2.24) is 0 Å². The highest BCUT2D eigenvalue weighted by Crippen LogP contribution is 2.24. The Morgan fingerprint density at radius 2 is 1.90 bits per heavy atom. The lowest BCUT2D eigenvalue weighted by Gasteiger charge is -2.26. The van der Waals surface area contributed by atoms with Crippen molar-refractivity contribution in [1.29, 1.82) is 0 Å². The van der Waals surface area contributed by atoms with E-state index < -0.39 is 10.0 Å². The van der Waals surface area contributed by atoms with E-state index in [1.807, 2.05) is 39.8 Å². The summed E-state index contributed by atoms with van der Waals surface area (Å²) in [6.07, 6.45) is 1.21. The van der Waals surface area contributed by atoms with Crippen molar-refractivity contribution in [3.63, 3.8) is 0 Å². The van der Waals surface area contributed by atoms with E-state index in [9.17, 15) is 8.42 Å². The highest BCUT2D eigenvalue weighted by Gasteiger charge is 2.19. The van der Waals surface area contributed by atoms with Crippen LogP contribution in [-0.2, 0) is 14.8 Å². The van der Waals surface area contributed by atoms with Crippen LogP contribution in [0.4, 0.5) is 5.69 Å². The first kappa shape index (κ1) is 17.5. The Bertz CT molecular complexity index is 564. The zero-order chi connectivity index (χ0) is 15.6. The van der Waals surface area contributed by atoms with Gasteiger partial charge in [0.15, 0.2) is 0 Å². The van der Waals surface area contributed by atoms with Gasteiger partial charge >= 0.3 is 0 Å². The third-order valence-corrected chi connectivity index (χ3v) is 4.74. The Hall–Kier alpha value is -0.590. The quantitative estimate of drug-likeness (QED) is 0.805. The van der Waals surface area contributed by atoms with Crippen LogP contribution in [0.5, 0.6) is 0 Å². The van der Waals surface area contributed by atoms with Crippen LogP contribution < -0.4 is 4.31 Å². The van der Waals surface area contributed by atoms with Crippen molar-refractivity contribution in [2.75, 3.05) is 23.7 Å². The number of aryl methyl sites for hydroxylation is 1. The Balaban J connectivity index is 2.93. The summed E-state index contributed by atoms with van der Waals surface area (Å²) in [6.45, 7) is 8.42. The molecule has 0 aliphatic rings. The van der Waals surface area contributed by atoms with Crippen LogP contribution in [0.25, 0.3) is 0 Å². The maximum absolute atomic E-state index is 11.9. The minimum absolute atomic E-state index is 0.279. The first-order chi connectivity index (χ1) is 9.00. The topological polar surface area (TPSA) is 46.6 Å². The van der Waals surface area contributed by atoms with Gasteiger partial charge in [-0.15, -0.1) is 0 Å². The molecule has 0 aliphatic heterocycles. The molecule has 114 valence electrons. The summed E-state index contributed by atoms with van der Waals surface area (Å²) in [5.74, 6) is 0. The van der Waals surface area contributed by atoms with Crippen molar-refractivity contribution in [3.05, 3.63) is 28.2 Å². The van der Waals surface area contributed by atoms with Crippen LogP contribution in [0.3, 0.4) is 0 Å². The van der Waals surface area contributed by atoms with Crippen molar-refractivity contribution >= 4 is 31.6 Å². The molecule has 0 saturated heterocycles. The SMILES string of the molecule is Cc1cc(N(CCOC(C)(C)C)S(C)(=O)=O)ccc1Br. The van der Waals surface area contributed by atoms with Gasteiger partial charge in [0.1, 0.15) is 0 Å². The normalized spacial score (nSPS) is 12.5. The fourth-order valence-electron chi connectivity index (χ4n) is 1.71. The van der Waals surface area contributed by atoms with E-state index in [0.717, 1.165) is 10.0 Å². The van der Waals surface area contributed by atoms with Gasteiger partial charge in [-0.3, -0.25) is 4.31 Å². The van der Waals surface area contributed by atoms with Gasteiger partial charge in [-0.1, -0.05) is 15.9 Å². The van der Waals surface area contributed by atoms with E-state index in [4.69, 9.17) is 4.74 Å². The summed E-state index contributed by atoms with van der Waals surface area (Å²) < 4.78 is 31.8. The van der Waals surface area contributed by atoms with E-state index in [1.165, 1.54) is 10.6 Å². The second-order valence-electron chi connectivity index (χ2n) is 5.73. The number of hydrogen-bond acceptors (Lipinski definition) is 3. The van der Waals surface area contributed by atoms with Crippen LogP contribution in [0.1, 0.15) is 26.3 Å². The molecular formula is C14H22BrNO3S. The monoisotopic (exact) mass is 363 g/mol. The number of rotatable bonds is 5. The van der Waals surface area contributed by atoms with E-state index in [0.29, 0.717) is 18.8 Å². The zero-order valence-electron chi connectivity index (χ0n) is 12.6. The van der Waals surface area contributed by atoms with Gasteiger partial charge in [-0.25, -0.2) is 8.42 Å². The number of hydrogen-bond donors (Lipinski definition) is 0. The Morgan fingerprint density at radius 1 is 1.30 bits per heavy atom. The first-order valence-corrected chi connectivity index (χ1v) is 9.03. The molecule has 0 fully saturated rings. The van der Waals surface area contributed by atoms with Crippen LogP contribution in [0, 0.1) is 6.92 Å². The summed E-state index contributed by atoms with van der Waals surface area (Å²) in [5, 5.41) is 0. The highest BCUT2D eigenvalue weighted by molar-refractivity contribution is 9.10. The maximum Gasteiger partial charge on any atom is 0.232 e. The van der Waals surface area contributed by atoms with Crippen molar-refractivity contribution in [2.45, 2.75) is 33.3 Å². The Kier molecular flexibility index (Phi) is 5.63. The second-order valence-corrected chi connectivity index (χ2v) is 8.49. The number of benzene rings is 1. The molecule has 1 aromatic carbocycles. The highest BCUT2D eigenvalue weighted by atomic mass is 79.9. The Morgan fingerprint density at radius 3 is 2.35 bits per heavy atom. The molecule has 6 heteroatoms. The summed E-state index contributed by atoms with van der Waals surface area (Å²) in [7, 11) is -3.33. The summed E-state index contributed by atoms with van der Waals surface area (Å²) in [6, 6.07) is 5.49. The number of halogens is 1. The molecule has 0 unspecified atom stereocenters. The van der Waals surface area contributed by atoms with E-state index in [2.05, 4.69) is 15.9 Å². The van der Waals surface area contributed by atoms with Gasteiger partial charge in [0.05, 0.1) is 30.7 Å². The predicted molar refractivity (Wildman–Crippen MR) is 86.8 cm³/mol. The molecule has 0 aromatic heterocycles. The van der Waals surface area contributed by atoms with Crippen molar-refractivity contribution < 1.29 is 13.2 Å². The number of nitrogens with zero attached hydrogens (tertiary/aromatic N) is 1. The lowest BCUT2D eigenvalue weighted by atomic mass is 10.2. The van der Waals surface area contributed by atoms with Crippen LogP contribution in [0.2, 0.25) is 0 Å². The largest absolute Gasteiger partial charge is 0.374 e. The first-order valence-electron chi connectivity index (χ1n) is 6.38. The molecule has 1 rings (SSSR count). The summed E-state index contributed by atoms with van der Waals surface area (Å²) in [5.41, 5.74) is 1.37. The average Bonchev–Trinajstić information content (AvgIpc) is 2.25. The van der Waals surface area contributed by atoms with Gasteiger partial charge in [0, 0.05) is 4.47 Å². The standard InChI is InChI=1S/C14H22BrNO3S/c1-11-10-12(6-7-13(11)15)16(20(5,17)18)8-9-19-14(2,3)4/h6-7,10H,8-9H2,1-5H3. The van der Waals surface area contributed by atoms with Gasteiger partial charge in [0.2, 0.25) is 10.0 Å². The second kappa shape index (κ2) is 6.45. The third-order valence-electron chi connectivity index (χ3n) is 2.66. The van der Waals surface area contributed by atoms with Gasteiger partial charge in [0.25, 0.3) is 0 Å². The average molecular weight is 364 g/mol. The van der Waals surface area contributed by atoms with Crippen molar-refractivity contribution in [2.24, 2.45) is 0 Å². The number of ether oxygens (including phenoxy) is 1. The smallest absolute Gasteiger partial charge is 0.232 e. The molecule has 0 aliphatic carbocycles. The van der Waals surface area contributed by atoms with Crippen LogP contribution >= 0.6 is 15.9 Å². The van der Waals surface area contributed by atoms with Crippen LogP contribution in [0.15, 0.2) is 22.7 Å². The fourth-order valence-corrected chi connectivity index (χ4v) is 2.85. The molecule has 0 atom stereocenters. The van der Waals surface area contributed by atoms with E-state index in [-0.39, 0.29) is 5.60 Å². The summed E-state index contributed by atoms with van der Waals surface area (Å²) >= 11 is 3.42. The lowest BCUT2D eigenvalue weighted by Crippen LogP contribution is -2.35. The Labute approximate surface area is 130 Å². The molecule has 0 amide bonds. The van der Waals surface area contributed by atoms with Crippen LogP contribution in [-0.4, -0.2) is 33.4 Å². The number of anilines is 1. The molecule has 0 saturated carbocycles. The molecule has 0 radical (unpaired) electrons. The van der Waals surface area contributed by atoms with Gasteiger partial charge in [-0.05, 0) is 51.5 Å². The zero-order valence-corrected chi connectivity index (χ0v) is 15.0. The molecule has 0 heterocycles. The van der Waals surface area contributed by atoms with Gasteiger partial charge < -0.3 is 4.74 Å². The molecule has 20 heavy (non-hydrogen) atoms. The van der Waals surface area contributed by atoms with Gasteiger partial charge in [-0.2, -0.15) is 0 Å². The third kappa shape index (κ3) is 5.42. The molecule has 0 bridgehead atoms. The molecular weight excluding hydrogens is 342 g/mol. The van der Waals surface area contributed by atoms with Crippen molar-refractivity contribution in [3.8, 4) is 0 Å². The lowest BCUT2D eigenvalue weighted by molar-refractivity contribution is 0.00232. The summed E-state index contributed by atoms with van der Waals surface area (Å²) in [4.78, 5) is 0. The van der Waals surface area contributed by atoms with E-state index in [1.54, 1.807) is 6.07 Å². The minimum Gasteiger partial charge on any atom is -0.374 e. The molecule has 4 nitrogen and oxygen atoms in total. The fraction of sp³-hybridized carbons (Fsp3) is 0.571.